The highest BCUT2D eigenvalue weighted by atomic mass is 32.1. The number of thiophene rings is 1. The van der Waals surface area contributed by atoms with Crippen LogP contribution in [-0.2, 0) is 0 Å². The Morgan fingerprint density at radius 2 is 1.25 bits per heavy atom. The zero-order chi connectivity index (χ0) is 38.5. The van der Waals surface area contributed by atoms with Gasteiger partial charge in [-0.05, 0) is 91.4 Å². The molecule has 2 aliphatic heterocycles. The summed E-state index contributed by atoms with van der Waals surface area (Å²) in [5, 5.41) is 5.58. The number of aromatic nitrogens is 2. The molecule has 0 aliphatic carbocycles. The molecular weight excluding hydrogens is 637 g/mol. The zero-order valence-electron chi connectivity index (χ0n) is 33.2. The van der Waals surface area contributed by atoms with Crippen LogP contribution in [0, 0.1) is 13.7 Å². The third-order valence-corrected chi connectivity index (χ3v) is 12.3. The van der Waals surface area contributed by atoms with E-state index in [2.05, 4.69) is 117 Å². The molecule has 5 heterocycles. The molecule has 0 atom stereocenters. The van der Waals surface area contributed by atoms with Crippen LogP contribution in [0.5, 0.6) is 0 Å². The number of anilines is 3. The molecule has 2 aliphatic rings. The minimum absolute atomic E-state index is 0.198. The predicted molar refractivity (Wildman–Crippen MR) is 219 cm³/mol. The molecule has 51 heavy (non-hydrogen) atoms. The van der Waals surface area contributed by atoms with Gasteiger partial charge in [0.15, 0.2) is 0 Å². The summed E-state index contributed by atoms with van der Waals surface area (Å²) in [6.07, 6.45) is 0. The average molecular weight is 674 g/mol. The first-order valence-electron chi connectivity index (χ1n) is 20.2. The van der Waals surface area contributed by atoms with Crippen LogP contribution in [0.25, 0.3) is 65.1 Å². The van der Waals surface area contributed by atoms with Gasteiger partial charge in [-0.3, -0.25) is 0 Å². The first-order chi connectivity index (χ1) is 27.6. The first-order valence-corrected chi connectivity index (χ1v) is 18.0. The third kappa shape index (κ3) is 3.49. The molecule has 10 aromatic rings. The summed E-state index contributed by atoms with van der Waals surface area (Å²) < 4.78 is 56.4. The Morgan fingerprint density at radius 1 is 0.529 bits per heavy atom. The molecule has 0 unspecified atom stereocenters. The average Bonchev–Trinajstić information content (AvgIpc) is 3.87. The van der Waals surface area contributed by atoms with Crippen LogP contribution in [0.1, 0.15) is 19.4 Å². The third-order valence-electron chi connectivity index (χ3n) is 11.1. The number of hydrogen-bond acceptors (Lipinski definition) is 2. The molecule has 0 bridgehead atoms. The van der Waals surface area contributed by atoms with Crippen LogP contribution in [0.2, 0.25) is 0 Å². The number of aryl methyl sites for hydroxylation is 2. The van der Waals surface area contributed by atoms with Crippen molar-refractivity contribution in [3.8, 4) is 11.4 Å². The van der Waals surface area contributed by atoms with Gasteiger partial charge in [0.2, 0.25) is 0 Å². The van der Waals surface area contributed by atoms with Crippen LogP contribution >= 0.6 is 11.3 Å². The normalized spacial score (nSPS) is 15.5. The van der Waals surface area contributed by atoms with E-state index >= 15 is 0 Å². The molecule has 0 saturated heterocycles. The Hall–Kier alpha value is -6.04. The topological polar surface area (TPSA) is 13.1 Å². The SMILES string of the molecule is [2H]C([2H])([2H])c1ccc(N2c3cccc4c3B(c3sc5ccc(C([2H])([2H])[2H])cc5c32)c2c3c5ccccc5n(-c5ccccc5)c3cc3c5ccccc5n-4c23)cc1. The van der Waals surface area contributed by atoms with E-state index in [0.29, 0.717) is 0 Å². The molecule has 0 radical (unpaired) electrons. The largest absolute Gasteiger partial charge is 0.310 e. The van der Waals surface area contributed by atoms with Gasteiger partial charge in [0, 0.05) is 67.4 Å². The molecule has 238 valence electrons. The second kappa shape index (κ2) is 9.81. The van der Waals surface area contributed by atoms with E-state index in [1.165, 1.54) is 32.5 Å². The minimum Gasteiger partial charge on any atom is -0.310 e. The summed E-state index contributed by atoms with van der Waals surface area (Å²) in [5.41, 5.74) is 12.4. The second-order valence-electron chi connectivity index (χ2n) is 13.7. The lowest BCUT2D eigenvalue weighted by molar-refractivity contribution is 1.17. The van der Waals surface area contributed by atoms with Gasteiger partial charge in [0.1, 0.15) is 0 Å². The van der Waals surface area contributed by atoms with E-state index in [4.69, 9.17) is 8.22 Å². The maximum Gasteiger partial charge on any atom is 0.265 e. The Bertz CT molecular complexity index is 3340. The first kappa shape index (κ1) is 22.6. The molecule has 0 fully saturated rings. The van der Waals surface area contributed by atoms with Crippen molar-refractivity contribution < 1.29 is 8.22 Å². The van der Waals surface area contributed by atoms with Crippen molar-refractivity contribution in [2.75, 3.05) is 4.90 Å². The van der Waals surface area contributed by atoms with E-state index in [1.54, 1.807) is 29.5 Å². The number of para-hydroxylation sites is 3. The van der Waals surface area contributed by atoms with Crippen LogP contribution in [0.3, 0.4) is 0 Å². The highest BCUT2D eigenvalue weighted by Crippen LogP contribution is 2.47. The van der Waals surface area contributed by atoms with Crippen molar-refractivity contribution in [2.24, 2.45) is 0 Å². The lowest BCUT2D eigenvalue weighted by atomic mass is 9.36. The summed E-state index contributed by atoms with van der Waals surface area (Å²) in [5.74, 6) is 0. The van der Waals surface area contributed by atoms with Gasteiger partial charge in [0.05, 0.1) is 27.8 Å². The molecular formula is C46H30BN3S. The molecule has 0 spiro atoms. The molecule has 12 rings (SSSR count). The fourth-order valence-electron chi connectivity index (χ4n) is 9.16. The number of benzene rings is 7. The summed E-state index contributed by atoms with van der Waals surface area (Å²) in [6.45, 7) is -4.74. The van der Waals surface area contributed by atoms with E-state index in [1.807, 2.05) is 24.3 Å². The quantitative estimate of drug-likeness (QED) is 0.167. The molecule has 0 N–H and O–H groups in total. The Kier molecular flexibility index (Phi) is 4.35. The lowest BCUT2D eigenvalue weighted by Crippen LogP contribution is -2.59. The Labute approximate surface area is 307 Å². The van der Waals surface area contributed by atoms with Crippen molar-refractivity contribution in [3.05, 3.63) is 157 Å². The van der Waals surface area contributed by atoms with Gasteiger partial charge >= 0.3 is 0 Å². The smallest absolute Gasteiger partial charge is 0.265 e. The molecule has 0 amide bonds. The standard InChI is InChI=1S/C46H30BN3S/c1-27-19-22-30(23-20-27)49-37-17-10-18-38-42(37)47(46-45(49)34-25-28(2)21-24-40(34)51-46)43-41-32-14-7-9-16-36(32)48(29-11-4-3-5-12-29)39(41)26-33-31-13-6-8-15-35(31)50(38)44(33)43/h3-26H,1-2H3/i1D3,2D3. The van der Waals surface area contributed by atoms with E-state index in [9.17, 15) is 0 Å². The van der Waals surface area contributed by atoms with E-state index in [-0.39, 0.29) is 17.8 Å². The molecule has 3 nitrogen and oxygen atoms in total. The van der Waals surface area contributed by atoms with Crippen LogP contribution in [-0.4, -0.2) is 15.8 Å². The van der Waals surface area contributed by atoms with Crippen LogP contribution < -0.4 is 20.6 Å². The Balaban J connectivity index is 1.29. The van der Waals surface area contributed by atoms with Crippen molar-refractivity contribution in [1.82, 2.24) is 9.13 Å². The fourth-order valence-corrected chi connectivity index (χ4v) is 10.4. The minimum atomic E-state index is -2.29. The van der Waals surface area contributed by atoms with Crippen LogP contribution in [0.15, 0.2) is 146 Å². The zero-order valence-corrected chi connectivity index (χ0v) is 28.0. The monoisotopic (exact) mass is 673 g/mol. The summed E-state index contributed by atoms with van der Waals surface area (Å²) in [6, 6.07) is 49.4. The van der Waals surface area contributed by atoms with Gasteiger partial charge in [-0.15, -0.1) is 11.3 Å². The summed E-state index contributed by atoms with van der Waals surface area (Å²) in [7, 11) is 0. The maximum absolute atomic E-state index is 8.38. The highest BCUT2D eigenvalue weighted by Gasteiger charge is 2.45. The van der Waals surface area contributed by atoms with Gasteiger partial charge in [-0.1, -0.05) is 90.0 Å². The number of fused-ring (bicyclic) bond motifs is 13. The van der Waals surface area contributed by atoms with Crippen molar-refractivity contribution in [1.29, 1.82) is 0 Å². The number of nitrogens with zero attached hydrogens (tertiary/aromatic N) is 3. The Morgan fingerprint density at radius 3 is 2.08 bits per heavy atom. The van der Waals surface area contributed by atoms with Crippen LogP contribution in [0.4, 0.5) is 17.1 Å². The van der Waals surface area contributed by atoms with Crippen molar-refractivity contribution in [3.63, 3.8) is 0 Å². The fraction of sp³-hybridized carbons (Fsp3) is 0.0435. The summed E-state index contributed by atoms with van der Waals surface area (Å²) in [4.78, 5) is 2.23. The van der Waals surface area contributed by atoms with E-state index in [0.717, 1.165) is 65.3 Å². The predicted octanol–water partition coefficient (Wildman–Crippen LogP) is 10.3. The highest BCUT2D eigenvalue weighted by molar-refractivity contribution is 7.34. The number of rotatable bonds is 2. The van der Waals surface area contributed by atoms with Gasteiger partial charge in [-0.2, -0.15) is 0 Å². The van der Waals surface area contributed by atoms with Gasteiger partial charge in [-0.25, -0.2) is 0 Å². The number of hydrogen-bond donors (Lipinski definition) is 0. The maximum atomic E-state index is 8.38. The molecule has 7 aromatic carbocycles. The van der Waals surface area contributed by atoms with Crippen molar-refractivity contribution >= 4 is 105 Å². The molecule has 0 saturated carbocycles. The van der Waals surface area contributed by atoms with Gasteiger partial charge < -0.3 is 14.0 Å². The molecule has 3 aromatic heterocycles. The lowest BCUT2D eigenvalue weighted by Gasteiger charge is -2.39. The van der Waals surface area contributed by atoms with Crippen molar-refractivity contribution in [2.45, 2.75) is 13.7 Å². The van der Waals surface area contributed by atoms with Gasteiger partial charge in [0.25, 0.3) is 6.71 Å². The van der Waals surface area contributed by atoms with E-state index < -0.39 is 13.7 Å². The summed E-state index contributed by atoms with van der Waals surface area (Å²) >= 11 is 1.72. The molecule has 5 heteroatoms. The second-order valence-corrected chi connectivity index (χ2v) is 14.8.